The lowest BCUT2D eigenvalue weighted by Crippen LogP contribution is -2.33. The van der Waals surface area contributed by atoms with Gasteiger partial charge >= 0.3 is 0 Å². The average Bonchev–Trinajstić information content (AvgIpc) is 2.24. The molecule has 0 bridgehead atoms. The minimum Gasteiger partial charge on any atom is -0.374 e. The number of ether oxygens (including phenoxy) is 1. The van der Waals surface area contributed by atoms with Gasteiger partial charge in [-0.25, -0.2) is 0 Å². The summed E-state index contributed by atoms with van der Waals surface area (Å²) < 4.78 is 6.15. The predicted molar refractivity (Wildman–Crippen MR) is 65.1 cm³/mol. The van der Waals surface area contributed by atoms with E-state index in [1.54, 1.807) is 0 Å². The van der Waals surface area contributed by atoms with Crippen molar-refractivity contribution in [3.8, 4) is 0 Å². The Labute approximate surface area is 94.8 Å². The van der Waals surface area contributed by atoms with Crippen LogP contribution in [0.5, 0.6) is 0 Å². The summed E-state index contributed by atoms with van der Waals surface area (Å²) in [5.74, 6) is 0.861. The monoisotopic (exact) mass is 213 g/mol. The molecule has 1 saturated carbocycles. The zero-order valence-corrected chi connectivity index (χ0v) is 10.6. The molecular weight excluding hydrogens is 186 g/mol. The molecule has 0 aromatic heterocycles. The molecule has 0 aromatic rings. The lowest BCUT2D eigenvalue weighted by molar-refractivity contribution is -0.0388. The van der Waals surface area contributed by atoms with Crippen molar-refractivity contribution in [2.75, 3.05) is 13.1 Å². The molecule has 0 amide bonds. The van der Waals surface area contributed by atoms with Crippen LogP contribution in [0.4, 0.5) is 0 Å². The first-order chi connectivity index (χ1) is 7.26. The van der Waals surface area contributed by atoms with Gasteiger partial charge in [-0.05, 0) is 31.7 Å². The Hall–Kier alpha value is -0.0800. The molecule has 0 radical (unpaired) electrons. The van der Waals surface area contributed by atoms with Gasteiger partial charge in [0.05, 0.1) is 12.2 Å². The van der Waals surface area contributed by atoms with Gasteiger partial charge in [-0.15, -0.1) is 0 Å². The molecule has 0 spiro atoms. The van der Waals surface area contributed by atoms with E-state index >= 15 is 0 Å². The highest BCUT2D eigenvalue weighted by molar-refractivity contribution is 4.72. The standard InChI is InChI=1S/C13H27NO/c1-4-12(10-14-5-2)15-13-8-6-7-11(3)9-13/h11-14H,4-10H2,1-3H3. The van der Waals surface area contributed by atoms with Crippen LogP contribution >= 0.6 is 0 Å². The Kier molecular flexibility index (Phi) is 6.26. The zero-order chi connectivity index (χ0) is 11.1. The van der Waals surface area contributed by atoms with Crippen molar-refractivity contribution < 1.29 is 4.74 Å². The van der Waals surface area contributed by atoms with Gasteiger partial charge in [-0.2, -0.15) is 0 Å². The Morgan fingerprint density at radius 2 is 2.13 bits per heavy atom. The lowest BCUT2D eigenvalue weighted by atomic mass is 9.88. The van der Waals surface area contributed by atoms with Crippen LogP contribution < -0.4 is 5.32 Å². The number of rotatable bonds is 6. The van der Waals surface area contributed by atoms with E-state index in [2.05, 4.69) is 26.1 Å². The summed E-state index contributed by atoms with van der Waals surface area (Å²) in [6.45, 7) is 8.77. The lowest BCUT2D eigenvalue weighted by Gasteiger charge is -2.30. The van der Waals surface area contributed by atoms with E-state index in [0.717, 1.165) is 25.4 Å². The first-order valence-corrected chi connectivity index (χ1v) is 6.62. The highest BCUT2D eigenvalue weighted by Gasteiger charge is 2.21. The molecule has 0 aromatic carbocycles. The minimum absolute atomic E-state index is 0.417. The van der Waals surface area contributed by atoms with Crippen LogP contribution in [-0.4, -0.2) is 25.3 Å². The Bertz CT molecular complexity index is 161. The van der Waals surface area contributed by atoms with Gasteiger partial charge in [0.1, 0.15) is 0 Å². The van der Waals surface area contributed by atoms with Crippen LogP contribution in [0.2, 0.25) is 0 Å². The van der Waals surface area contributed by atoms with E-state index in [0.29, 0.717) is 12.2 Å². The van der Waals surface area contributed by atoms with Gasteiger partial charge in [-0.1, -0.05) is 33.6 Å². The van der Waals surface area contributed by atoms with E-state index < -0.39 is 0 Å². The van der Waals surface area contributed by atoms with Gasteiger partial charge in [0.15, 0.2) is 0 Å². The SMILES string of the molecule is CCNCC(CC)OC1CCCC(C)C1. The molecule has 0 saturated heterocycles. The van der Waals surface area contributed by atoms with Gasteiger partial charge < -0.3 is 10.1 Å². The van der Waals surface area contributed by atoms with Crippen LogP contribution in [0.3, 0.4) is 0 Å². The van der Waals surface area contributed by atoms with Crippen molar-refractivity contribution in [2.45, 2.75) is 65.1 Å². The highest BCUT2D eigenvalue weighted by Crippen LogP contribution is 2.26. The molecule has 1 N–H and O–H groups in total. The maximum Gasteiger partial charge on any atom is 0.0700 e. The average molecular weight is 213 g/mol. The highest BCUT2D eigenvalue weighted by atomic mass is 16.5. The molecule has 15 heavy (non-hydrogen) atoms. The van der Waals surface area contributed by atoms with Crippen LogP contribution in [0.1, 0.15) is 52.9 Å². The maximum absolute atomic E-state index is 6.15. The van der Waals surface area contributed by atoms with E-state index in [9.17, 15) is 0 Å². The topological polar surface area (TPSA) is 21.3 Å². The van der Waals surface area contributed by atoms with Crippen molar-refractivity contribution in [3.63, 3.8) is 0 Å². The quantitative estimate of drug-likeness (QED) is 0.732. The van der Waals surface area contributed by atoms with Crippen LogP contribution in [0, 0.1) is 5.92 Å². The molecule has 1 aliphatic rings. The predicted octanol–water partition coefficient (Wildman–Crippen LogP) is 2.97. The van der Waals surface area contributed by atoms with Crippen LogP contribution in [0.15, 0.2) is 0 Å². The second kappa shape index (κ2) is 7.24. The van der Waals surface area contributed by atoms with Crippen molar-refractivity contribution in [1.82, 2.24) is 5.32 Å². The minimum atomic E-state index is 0.417. The van der Waals surface area contributed by atoms with Gasteiger partial charge in [0.25, 0.3) is 0 Å². The Morgan fingerprint density at radius 1 is 1.33 bits per heavy atom. The first kappa shape index (κ1) is 13.0. The summed E-state index contributed by atoms with van der Waals surface area (Å²) >= 11 is 0. The summed E-state index contributed by atoms with van der Waals surface area (Å²) in [6.07, 6.45) is 7.35. The Morgan fingerprint density at radius 3 is 2.73 bits per heavy atom. The maximum atomic E-state index is 6.15. The zero-order valence-electron chi connectivity index (χ0n) is 10.6. The molecule has 90 valence electrons. The summed E-state index contributed by atoms with van der Waals surface area (Å²) in [5.41, 5.74) is 0. The van der Waals surface area contributed by atoms with Crippen LogP contribution in [0.25, 0.3) is 0 Å². The Balaban J connectivity index is 2.24. The van der Waals surface area contributed by atoms with Gasteiger partial charge in [-0.3, -0.25) is 0 Å². The number of nitrogens with one attached hydrogen (secondary N) is 1. The van der Waals surface area contributed by atoms with E-state index in [-0.39, 0.29) is 0 Å². The summed E-state index contributed by atoms with van der Waals surface area (Å²) in [7, 11) is 0. The van der Waals surface area contributed by atoms with E-state index in [1.807, 2.05) is 0 Å². The molecule has 1 rings (SSSR count). The fourth-order valence-electron chi connectivity index (χ4n) is 2.37. The summed E-state index contributed by atoms with van der Waals surface area (Å²) in [6, 6.07) is 0. The molecule has 2 nitrogen and oxygen atoms in total. The second-order valence-electron chi connectivity index (χ2n) is 4.87. The fraction of sp³-hybridized carbons (Fsp3) is 1.00. The van der Waals surface area contributed by atoms with Crippen molar-refractivity contribution >= 4 is 0 Å². The van der Waals surface area contributed by atoms with Gasteiger partial charge in [0, 0.05) is 6.54 Å². The number of likely N-dealkylation sites (N-methyl/N-ethyl adjacent to an activating group) is 1. The molecule has 2 heteroatoms. The second-order valence-corrected chi connectivity index (χ2v) is 4.87. The van der Waals surface area contributed by atoms with E-state index in [4.69, 9.17) is 4.74 Å². The molecule has 0 heterocycles. The molecule has 3 atom stereocenters. The smallest absolute Gasteiger partial charge is 0.0700 e. The number of hydrogen-bond donors (Lipinski definition) is 1. The summed E-state index contributed by atoms with van der Waals surface area (Å²) in [5, 5.41) is 3.38. The summed E-state index contributed by atoms with van der Waals surface area (Å²) in [4.78, 5) is 0. The van der Waals surface area contributed by atoms with Crippen molar-refractivity contribution in [2.24, 2.45) is 5.92 Å². The van der Waals surface area contributed by atoms with Crippen molar-refractivity contribution in [1.29, 1.82) is 0 Å². The largest absolute Gasteiger partial charge is 0.374 e. The molecule has 3 unspecified atom stereocenters. The van der Waals surface area contributed by atoms with Crippen LogP contribution in [-0.2, 0) is 4.74 Å². The third-order valence-corrected chi connectivity index (χ3v) is 3.35. The molecular formula is C13H27NO. The molecule has 0 aliphatic heterocycles. The molecule has 1 fully saturated rings. The fourth-order valence-corrected chi connectivity index (χ4v) is 2.37. The number of hydrogen-bond acceptors (Lipinski definition) is 2. The third-order valence-electron chi connectivity index (χ3n) is 3.35. The third kappa shape index (κ3) is 4.98. The first-order valence-electron chi connectivity index (χ1n) is 6.62. The van der Waals surface area contributed by atoms with Crippen molar-refractivity contribution in [3.05, 3.63) is 0 Å². The van der Waals surface area contributed by atoms with Gasteiger partial charge in [0.2, 0.25) is 0 Å². The van der Waals surface area contributed by atoms with E-state index in [1.165, 1.54) is 25.7 Å². The molecule has 1 aliphatic carbocycles. The normalized spacial score (nSPS) is 29.0.